The summed E-state index contributed by atoms with van der Waals surface area (Å²) >= 11 is 0. The Labute approximate surface area is 130 Å². The first-order chi connectivity index (χ1) is 9.84. The van der Waals surface area contributed by atoms with Crippen LogP contribution in [-0.4, -0.2) is 11.2 Å². The van der Waals surface area contributed by atoms with E-state index in [0.717, 1.165) is 36.7 Å². The van der Waals surface area contributed by atoms with Gasteiger partial charge in [0.2, 0.25) is 0 Å². The minimum absolute atomic E-state index is 0.313. The van der Waals surface area contributed by atoms with E-state index in [9.17, 15) is 5.11 Å². The Balaban J connectivity index is 2.32. The zero-order chi connectivity index (χ0) is 15.6. The molecule has 1 nitrogen and oxygen atoms in total. The highest BCUT2D eigenvalue weighted by molar-refractivity contribution is 5.27. The van der Waals surface area contributed by atoms with Crippen LogP contribution >= 0.6 is 0 Å². The summed E-state index contributed by atoms with van der Waals surface area (Å²) < 4.78 is 0. The zero-order valence-electron chi connectivity index (χ0n) is 14.4. The van der Waals surface area contributed by atoms with Crippen molar-refractivity contribution in [1.29, 1.82) is 0 Å². The SMILES string of the molecule is C/C1=C\C[C@@H](O)/C(C)=C/CC2=CC[C@H](C(C)C)[C@@]2(C)CC1. The normalized spacial score (nSPS) is 39.7. The molecule has 2 aliphatic carbocycles. The number of allylic oxidation sites excluding steroid dienone is 4. The predicted octanol–water partition coefficient (Wildman–Crippen LogP) is 5.42. The van der Waals surface area contributed by atoms with Crippen LogP contribution < -0.4 is 0 Å². The average molecular weight is 288 g/mol. The Bertz CT molecular complexity index is 466. The molecule has 0 fully saturated rings. The molecule has 0 saturated carbocycles. The summed E-state index contributed by atoms with van der Waals surface area (Å²) in [6.45, 7) is 11.5. The molecule has 0 unspecified atom stereocenters. The third-order valence-electron chi connectivity index (χ3n) is 5.87. The lowest BCUT2D eigenvalue weighted by atomic mass is 9.67. The van der Waals surface area contributed by atoms with Crippen molar-refractivity contribution in [2.75, 3.05) is 0 Å². The maximum absolute atomic E-state index is 10.2. The number of fused-ring (bicyclic) bond motifs is 1. The van der Waals surface area contributed by atoms with Crippen molar-refractivity contribution in [3.63, 3.8) is 0 Å². The summed E-state index contributed by atoms with van der Waals surface area (Å²) in [5.74, 6) is 1.49. The van der Waals surface area contributed by atoms with Gasteiger partial charge in [-0.2, -0.15) is 0 Å². The molecule has 0 aromatic heterocycles. The molecule has 0 aromatic rings. The van der Waals surface area contributed by atoms with Crippen molar-refractivity contribution >= 4 is 0 Å². The monoisotopic (exact) mass is 288 g/mol. The van der Waals surface area contributed by atoms with Crippen LogP contribution in [-0.2, 0) is 0 Å². The van der Waals surface area contributed by atoms with Gasteiger partial charge < -0.3 is 5.11 Å². The van der Waals surface area contributed by atoms with Crippen LogP contribution in [0, 0.1) is 17.3 Å². The van der Waals surface area contributed by atoms with E-state index >= 15 is 0 Å². The van der Waals surface area contributed by atoms with Gasteiger partial charge in [-0.1, -0.05) is 50.1 Å². The quantitative estimate of drug-likeness (QED) is 0.638. The average Bonchev–Trinajstić information content (AvgIpc) is 2.76. The lowest BCUT2D eigenvalue weighted by molar-refractivity contribution is 0.183. The maximum Gasteiger partial charge on any atom is 0.0782 e. The van der Waals surface area contributed by atoms with Gasteiger partial charge in [-0.15, -0.1) is 0 Å². The second kappa shape index (κ2) is 6.52. The molecule has 0 bridgehead atoms. The van der Waals surface area contributed by atoms with E-state index in [0.29, 0.717) is 5.41 Å². The molecule has 0 amide bonds. The van der Waals surface area contributed by atoms with Gasteiger partial charge in [-0.25, -0.2) is 0 Å². The third kappa shape index (κ3) is 3.51. The molecule has 118 valence electrons. The lowest BCUT2D eigenvalue weighted by Gasteiger charge is -2.38. The van der Waals surface area contributed by atoms with E-state index in [-0.39, 0.29) is 6.10 Å². The molecule has 21 heavy (non-hydrogen) atoms. The van der Waals surface area contributed by atoms with Crippen LogP contribution in [0.4, 0.5) is 0 Å². The van der Waals surface area contributed by atoms with Gasteiger partial charge in [0.1, 0.15) is 0 Å². The summed E-state index contributed by atoms with van der Waals surface area (Å²) in [7, 11) is 0. The van der Waals surface area contributed by atoms with Crippen LogP contribution in [0.15, 0.2) is 34.9 Å². The third-order valence-corrected chi connectivity index (χ3v) is 5.87. The van der Waals surface area contributed by atoms with Crippen molar-refractivity contribution in [2.45, 2.75) is 72.8 Å². The molecular formula is C20H32O. The zero-order valence-corrected chi connectivity index (χ0v) is 14.4. The number of aliphatic hydroxyl groups excluding tert-OH is 1. The predicted molar refractivity (Wildman–Crippen MR) is 91.1 cm³/mol. The standard InChI is InChI=1S/C20H32O/c1-14(2)18-10-9-17-8-7-16(4)19(21)11-6-15(3)12-13-20(17,18)5/h6-7,9,14,18-19,21H,8,10-13H2,1-5H3/b15-6+,16-7+/t18-,19-,20+/m1/s1. The molecule has 2 aliphatic rings. The van der Waals surface area contributed by atoms with Gasteiger partial charge in [0.15, 0.2) is 0 Å². The second-order valence-corrected chi connectivity index (χ2v) is 7.69. The molecule has 0 radical (unpaired) electrons. The first-order valence-electron chi connectivity index (χ1n) is 8.54. The first-order valence-corrected chi connectivity index (χ1v) is 8.54. The van der Waals surface area contributed by atoms with Gasteiger partial charge in [0, 0.05) is 0 Å². The highest BCUT2D eigenvalue weighted by atomic mass is 16.3. The maximum atomic E-state index is 10.2. The van der Waals surface area contributed by atoms with Gasteiger partial charge in [-0.05, 0) is 68.8 Å². The Hall–Kier alpha value is -0.820. The van der Waals surface area contributed by atoms with Crippen molar-refractivity contribution < 1.29 is 5.11 Å². The van der Waals surface area contributed by atoms with Crippen molar-refractivity contribution in [3.05, 3.63) is 34.9 Å². The van der Waals surface area contributed by atoms with Crippen molar-refractivity contribution in [1.82, 2.24) is 0 Å². The molecule has 1 heteroatoms. The molecular weight excluding hydrogens is 256 g/mol. The molecule has 1 N–H and O–H groups in total. The number of rotatable bonds is 1. The van der Waals surface area contributed by atoms with E-state index in [1.807, 2.05) is 0 Å². The Kier molecular flexibility index (Phi) is 5.14. The van der Waals surface area contributed by atoms with Crippen molar-refractivity contribution in [3.8, 4) is 0 Å². The highest BCUT2D eigenvalue weighted by Crippen LogP contribution is 2.52. The Morgan fingerprint density at radius 1 is 1.14 bits per heavy atom. The number of hydrogen-bond acceptors (Lipinski definition) is 1. The smallest absolute Gasteiger partial charge is 0.0782 e. The lowest BCUT2D eigenvalue weighted by Crippen LogP contribution is -2.29. The molecule has 0 aromatic carbocycles. The van der Waals surface area contributed by atoms with E-state index in [4.69, 9.17) is 0 Å². The largest absolute Gasteiger partial charge is 0.388 e. The van der Waals surface area contributed by atoms with Crippen LogP contribution in [0.25, 0.3) is 0 Å². The molecule has 0 spiro atoms. The topological polar surface area (TPSA) is 20.2 Å². The summed E-state index contributed by atoms with van der Waals surface area (Å²) in [5.41, 5.74) is 4.48. The van der Waals surface area contributed by atoms with Crippen LogP contribution in [0.5, 0.6) is 0 Å². The van der Waals surface area contributed by atoms with E-state index in [2.05, 4.69) is 52.8 Å². The fraction of sp³-hybridized carbons (Fsp3) is 0.700. The summed E-state index contributed by atoms with van der Waals surface area (Å²) in [6.07, 6.45) is 12.1. The van der Waals surface area contributed by atoms with Gasteiger partial charge >= 0.3 is 0 Å². The number of hydrogen-bond donors (Lipinski definition) is 1. The van der Waals surface area contributed by atoms with E-state index in [1.165, 1.54) is 18.4 Å². The van der Waals surface area contributed by atoms with Crippen LogP contribution in [0.1, 0.15) is 66.7 Å². The van der Waals surface area contributed by atoms with Crippen LogP contribution in [0.2, 0.25) is 0 Å². The minimum Gasteiger partial charge on any atom is -0.388 e. The molecule has 0 aliphatic heterocycles. The summed E-state index contributed by atoms with van der Waals surface area (Å²) in [5, 5.41) is 10.2. The summed E-state index contributed by atoms with van der Waals surface area (Å²) in [6, 6.07) is 0. The minimum atomic E-state index is -0.313. The Morgan fingerprint density at radius 3 is 2.52 bits per heavy atom. The molecule has 0 heterocycles. The highest BCUT2D eigenvalue weighted by Gasteiger charge is 2.41. The second-order valence-electron chi connectivity index (χ2n) is 7.69. The van der Waals surface area contributed by atoms with Gasteiger partial charge in [0.25, 0.3) is 0 Å². The van der Waals surface area contributed by atoms with E-state index in [1.54, 1.807) is 5.57 Å². The molecule has 3 atom stereocenters. The van der Waals surface area contributed by atoms with Crippen LogP contribution in [0.3, 0.4) is 0 Å². The fourth-order valence-corrected chi connectivity index (χ4v) is 4.14. The first kappa shape index (κ1) is 16.5. The summed E-state index contributed by atoms with van der Waals surface area (Å²) in [4.78, 5) is 0. The fourth-order valence-electron chi connectivity index (χ4n) is 4.14. The molecule has 2 rings (SSSR count). The van der Waals surface area contributed by atoms with Gasteiger partial charge in [-0.3, -0.25) is 0 Å². The number of aliphatic hydroxyl groups is 1. The van der Waals surface area contributed by atoms with E-state index < -0.39 is 0 Å². The Morgan fingerprint density at radius 2 is 1.86 bits per heavy atom. The van der Waals surface area contributed by atoms with Crippen molar-refractivity contribution in [2.24, 2.45) is 17.3 Å². The van der Waals surface area contributed by atoms with Gasteiger partial charge in [0.05, 0.1) is 6.10 Å². The molecule has 0 saturated heterocycles.